The first-order valence-corrected chi connectivity index (χ1v) is 6.87. The summed E-state index contributed by atoms with van der Waals surface area (Å²) in [6, 6.07) is 6.37. The third-order valence-corrected chi connectivity index (χ3v) is 3.83. The van der Waals surface area contributed by atoms with E-state index >= 15 is 0 Å². The van der Waals surface area contributed by atoms with Gasteiger partial charge in [-0.1, -0.05) is 17.2 Å². The minimum atomic E-state index is -1.10. The molecule has 110 valence electrons. The number of hydrogen-bond acceptors (Lipinski definition) is 5. The Morgan fingerprint density at radius 1 is 1.19 bits per heavy atom. The number of carbonyl (C=O) groups is 3. The fourth-order valence-corrected chi connectivity index (χ4v) is 2.52. The number of imide groups is 1. The molecule has 3 rings (SSSR count). The summed E-state index contributed by atoms with van der Waals surface area (Å²) in [5, 5.41) is 0.524. The maximum Gasteiger partial charge on any atom is 0.364 e. The van der Waals surface area contributed by atoms with Gasteiger partial charge in [0.05, 0.1) is 11.1 Å². The lowest BCUT2D eigenvalue weighted by Gasteiger charge is -2.31. The van der Waals surface area contributed by atoms with Gasteiger partial charge >= 0.3 is 5.97 Å². The van der Waals surface area contributed by atoms with Crippen LogP contribution in [0.15, 0.2) is 24.3 Å². The van der Waals surface area contributed by atoms with Crippen LogP contribution in [-0.4, -0.2) is 35.1 Å². The summed E-state index contributed by atoms with van der Waals surface area (Å²) < 4.78 is 5.46. The van der Waals surface area contributed by atoms with Crippen molar-refractivity contribution in [3.63, 3.8) is 0 Å². The molecule has 1 aromatic rings. The number of ether oxygens (including phenoxy) is 1. The highest BCUT2D eigenvalue weighted by atomic mass is 16.7. The van der Waals surface area contributed by atoms with E-state index in [9.17, 15) is 14.4 Å². The fourth-order valence-electron chi connectivity index (χ4n) is 2.52. The molecule has 2 heterocycles. The third-order valence-electron chi connectivity index (χ3n) is 3.83. The van der Waals surface area contributed by atoms with E-state index in [2.05, 4.69) is 0 Å². The molecule has 0 saturated carbocycles. The summed E-state index contributed by atoms with van der Waals surface area (Å²) in [6.07, 6.45) is 2.23. The van der Waals surface area contributed by atoms with E-state index in [1.165, 1.54) is 12.1 Å². The first-order chi connectivity index (χ1) is 10.0. The van der Waals surface area contributed by atoms with Crippen LogP contribution in [0.4, 0.5) is 0 Å². The summed E-state index contributed by atoms with van der Waals surface area (Å²) in [5.41, 5.74) is -0.622. The molecule has 2 aliphatic heterocycles. The number of carbonyl (C=O) groups excluding carboxylic acids is 3. The van der Waals surface area contributed by atoms with Gasteiger partial charge in [0.2, 0.25) is 0 Å². The quantitative estimate of drug-likeness (QED) is 0.775. The van der Waals surface area contributed by atoms with Crippen molar-refractivity contribution in [2.24, 2.45) is 0 Å². The van der Waals surface area contributed by atoms with E-state index in [1.807, 2.05) is 0 Å². The fraction of sp³-hybridized carbons (Fsp3) is 0.400. The van der Waals surface area contributed by atoms with Gasteiger partial charge in [-0.05, 0) is 38.3 Å². The highest BCUT2D eigenvalue weighted by Gasteiger charge is 2.44. The van der Waals surface area contributed by atoms with Crippen molar-refractivity contribution in [1.82, 2.24) is 5.06 Å². The van der Waals surface area contributed by atoms with Crippen molar-refractivity contribution in [3.05, 3.63) is 35.4 Å². The van der Waals surface area contributed by atoms with Crippen LogP contribution >= 0.6 is 0 Å². The minimum Gasteiger partial charge on any atom is -0.363 e. The van der Waals surface area contributed by atoms with Gasteiger partial charge < -0.3 is 9.57 Å². The Morgan fingerprint density at radius 3 is 2.33 bits per heavy atom. The van der Waals surface area contributed by atoms with Crippen LogP contribution in [0.25, 0.3) is 0 Å². The molecule has 1 atom stereocenters. The lowest BCUT2D eigenvalue weighted by Crippen LogP contribution is -2.46. The van der Waals surface area contributed by atoms with Gasteiger partial charge in [0, 0.05) is 6.61 Å². The van der Waals surface area contributed by atoms with Gasteiger partial charge in [-0.2, -0.15) is 0 Å². The van der Waals surface area contributed by atoms with Crippen molar-refractivity contribution in [1.29, 1.82) is 0 Å². The van der Waals surface area contributed by atoms with E-state index in [1.54, 1.807) is 19.1 Å². The third kappa shape index (κ3) is 2.21. The monoisotopic (exact) mass is 289 g/mol. The van der Waals surface area contributed by atoms with Crippen molar-refractivity contribution >= 4 is 17.8 Å². The molecule has 2 amide bonds. The van der Waals surface area contributed by atoms with Gasteiger partial charge in [0.1, 0.15) is 0 Å². The maximum absolute atomic E-state index is 12.2. The van der Waals surface area contributed by atoms with Crippen LogP contribution in [0.2, 0.25) is 0 Å². The second kappa shape index (κ2) is 4.96. The average Bonchev–Trinajstić information content (AvgIpc) is 2.74. The predicted molar refractivity (Wildman–Crippen MR) is 71.2 cm³/mol. The zero-order chi connectivity index (χ0) is 15.0. The zero-order valence-electron chi connectivity index (χ0n) is 11.6. The number of benzene rings is 1. The van der Waals surface area contributed by atoms with Crippen LogP contribution in [0.5, 0.6) is 0 Å². The number of hydrogen-bond donors (Lipinski definition) is 0. The molecule has 1 fully saturated rings. The molecule has 6 heteroatoms. The molecule has 1 aromatic carbocycles. The van der Waals surface area contributed by atoms with E-state index in [0.29, 0.717) is 18.1 Å². The Morgan fingerprint density at radius 2 is 1.81 bits per heavy atom. The second-order valence-electron chi connectivity index (χ2n) is 5.37. The summed E-state index contributed by atoms with van der Waals surface area (Å²) in [6.45, 7) is 2.08. The SMILES string of the molecule is CC1(C(=O)ON2C(=O)c3ccccc3C2=O)CCCCO1. The van der Waals surface area contributed by atoms with Crippen LogP contribution in [-0.2, 0) is 14.4 Å². The van der Waals surface area contributed by atoms with E-state index in [-0.39, 0.29) is 11.1 Å². The highest BCUT2D eigenvalue weighted by molar-refractivity contribution is 6.20. The molecular weight excluding hydrogens is 274 g/mol. The normalized spacial score (nSPS) is 24.9. The van der Waals surface area contributed by atoms with Crippen LogP contribution in [0, 0.1) is 0 Å². The molecule has 21 heavy (non-hydrogen) atoms. The van der Waals surface area contributed by atoms with Gasteiger partial charge in [0.15, 0.2) is 5.60 Å². The van der Waals surface area contributed by atoms with Crippen molar-refractivity contribution < 1.29 is 24.0 Å². The highest BCUT2D eigenvalue weighted by Crippen LogP contribution is 2.28. The Balaban J connectivity index is 1.79. The minimum absolute atomic E-state index is 0.241. The summed E-state index contributed by atoms with van der Waals surface area (Å²) in [5.74, 6) is -1.96. The molecular formula is C15H15NO5. The van der Waals surface area contributed by atoms with Gasteiger partial charge in [-0.15, -0.1) is 0 Å². The lowest BCUT2D eigenvalue weighted by molar-refractivity contribution is -0.198. The summed E-state index contributed by atoms with van der Waals surface area (Å²) in [7, 11) is 0. The maximum atomic E-state index is 12.2. The summed E-state index contributed by atoms with van der Waals surface area (Å²) >= 11 is 0. The van der Waals surface area contributed by atoms with E-state index in [0.717, 1.165) is 12.8 Å². The zero-order valence-corrected chi connectivity index (χ0v) is 11.6. The molecule has 6 nitrogen and oxygen atoms in total. The van der Waals surface area contributed by atoms with Crippen molar-refractivity contribution in [3.8, 4) is 0 Å². The second-order valence-corrected chi connectivity index (χ2v) is 5.37. The predicted octanol–water partition coefficient (Wildman–Crippen LogP) is 1.70. The molecule has 2 aliphatic rings. The smallest absolute Gasteiger partial charge is 0.363 e. The van der Waals surface area contributed by atoms with E-state index < -0.39 is 23.4 Å². The molecule has 0 aromatic heterocycles. The number of nitrogens with zero attached hydrogens (tertiary/aromatic N) is 1. The lowest BCUT2D eigenvalue weighted by atomic mass is 9.96. The Kier molecular flexibility index (Phi) is 3.25. The van der Waals surface area contributed by atoms with Gasteiger partial charge in [0.25, 0.3) is 11.8 Å². The molecule has 0 aliphatic carbocycles. The topological polar surface area (TPSA) is 72.9 Å². The number of fused-ring (bicyclic) bond motifs is 1. The van der Waals surface area contributed by atoms with Crippen molar-refractivity contribution in [2.45, 2.75) is 31.8 Å². The molecule has 1 saturated heterocycles. The number of hydroxylamine groups is 2. The van der Waals surface area contributed by atoms with Crippen LogP contribution < -0.4 is 0 Å². The largest absolute Gasteiger partial charge is 0.364 e. The van der Waals surface area contributed by atoms with Crippen molar-refractivity contribution in [2.75, 3.05) is 6.61 Å². The summed E-state index contributed by atoms with van der Waals surface area (Å²) in [4.78, 5) is 41.5. The molecule has 1 unspecified atom stereocenters. The molecule has 0 N–H and O–H groups in total. The average molecular weight is 289 g/mol. The molecule has 0 radical (unpaired) electrons. The Labute approximate surface area is 121 Å². The van der Waals surface area contributed by atoms with Gasteiger partial charge in [-0.3, -0.25) is 9.59 Å². The number of amides is 2. The first-order valence-electron chi connectivity index (χ1n) is 6.87. The first kappa shape index (κ1) is 13.8. The van der Waals surface area contributed by atoms with Crippen LogP contribution in [0.3, 0.4) is 0 Å². The molecule has 0 spiro atoms. The Bertz CT molecular complexity index is 583. The van der Waals surface area contributed by atoms with E-state index in [4.69, 9.17) is 9.57 Å². The van der Waals surface area contributed by atoms with Crippen LogP contribution in [0.1, 0.15) is 46.9 Å². The Hall–Kier alpha value is -2.21. The standard InChI is InChI=1S/C15H15NO5/c1-15(8-4-5-9-20-15)14(19)21-16-12(17)10-6-2-3-7-11(10)13(16)18/h2-3,6-7H,4-5,8-9H2,1H3. The number of rotatable bonds is 2. The molecule has 0 bridgehead atoms. The van der Waals surface area contributed by atoms with Gasteiger partial charge in [-0.25, -0.2) is 4.79 Å².